The summed E-state index contributed by atoms with van der Waals surface area (Å²) in [7, 11) is 2.55. The predicted octanol–water partition coefficient (Wildman–Crippen LogP) is 0.703. The number of nitrogens with zero attached hydrogens (tertiary/aromatic N) is 1. The number of aliphatic hydroxyl groups excluding tert-OH is 1. The average Bonchev–Trinajstić information content (AvgIpc) is 2.20. The van der Waals surface area contributed by atoms with Gasteiger partial charge >= 0.3 is 0 Å². The van der Waals surface area contributed by atoms with Gasteiger partial charge in [0.2, 0.25) is 0 Å². The van der Waals surface area contributed by atoms with E-state index in [1.54, 1.807) is 13.1 Å². The van der Waals surface area contributed by atoms with Crippen molar-refractivity contribution in [3.63, 3.8) is 0 Å². The van der Waals surface area contributed by atoms with Crippen molar-refractivity contribution >= 4 is 17.5 Å². The number of rotatable bonds is 1. The van der Waals surface area contributed by atoms with Crippen LogP contribution in [-0.4, -0.2) is 30.2 Å². The highest BCUT2D eigenvalue weighted by atomic mass is 35.5. The van der Waals surface area contributed by atoms with Crippen molar-refractivity contribution in [2.24, 2.45) is 0 Å². The molecule has 1 heterocycles. The summed E-state index contributed by atoms with van der Waals surface area (Å²) in [5.41, 5.74) is 0.333. The summed E-state index contributed by atoms with van der Waals surface area (Å²) < 4.78 is 0. The quantitative estimate of drug-likeness (QED) is 0.705. The zero-order chi connectivity index (χ0) is 10.3. The third-order valence-corrected chi connectivity index (χ3v) is 1.42. The second-order valence-corrected chi connectivity index (χ2v) is 2.37. The molecule has 2 N–H and O–H groups in total. The van der Waals surface area contributed by atoms with E-state index in [0.717, 1.165) is 7.11 Å². The second-order valence-electron chi connectivity index (χ2n) is 1.94. The van der Waals surface area contributed by atoms with E-state index >= 15 is 0 Å². The van der Waals surface area contributed by atoms with Crippen LogP contribution in [-0.2, 0) is 0 Å². The van der Waals surface area contributed by atoms with Crippen LogP contribution in [0.4, 0.5) is 0 Å². The van der Waals surface area contributed by atoms with Crippen LogP contribution in [0.3, 0.4) is 0 Å². The topological polar surface area (TPSA) is 62.2 Å². The number of amides is 1. The average molecular weight is 203 g/mol. The van der Waals surface area contributed by atoms with E-state index in [4.69, 9.17) is 16.7 Å². The number of aromatic nitrogens is 1. The maximum atomic E-state index is 10.9. The Balaban J connectivity index is 0.000000671. The Hall–Kier alpha value is -1.13. The molecule has 0 fully saturated rings. The molecule has 1 rings (SSSR count). The Bertz CT molecular complexity index is 279. The highest BCUT2D eigenvalue weighted by molar-refractivity contribution is 6.30. The largest absolute Gasteiger partial charge is 0.400 e. The minimum absolute atomic E-state index is 0.229. The number of pyridine rings is 1. The lowest BCUT2D eigenvalue weighted by Crippen LogP contribution is -2.18. The lowest BCUT2D eigenvalue weighted by molar-refractivity contribution is 0.0958. The summed E-state index contributed by atoms with van der Waals surface area (Å²) in [6.07, 6.45) is 1.49. The lowest BCUT2D eigenvalue weighted by atomic mass is 10.3. The van der Waals surface area contributed by atoms with Gasteiger partial charge in [-0.3, -0.25) is 9.78 Å². The minimum atomic E-state index is -0.229. The number of carbonyl (C=O) groups excluding carboxylic acids is 1. The first-order valence-electron chi connectivity index (χ1n) is 3.52. The van der Waals surface area contributed by atoms with E-state index in [1.807, 2.05) is 0 Å². The van der Waals surface area contributed by atoms with Gasteiger partial charge in [0, 0.05) is 25.4 Å². The van der Waals surface area contributed by atoms with E-state index in [2.05, 4.69) is 10.3 Å². The van der Waals surface area contributed by atoms with E-state index in [0.29, 0.717) is 10.7 Å². The van der Waals surface area contributed by atoms with Gasteiger partial charge in [-0.1, -0.05) is 11.6 Å². The molecular weight excluding hydrogens is 192 g/mol. The molecule has 72 valence electrons. The SMILES string of the molecule is CNC(=O)c1cc(Cl)ccn1.CO. The highest BCUT2D eigenvalue weighted by Crippen LogP contribution is 2.07. The molecule has 0 radical (unpaired) electrons. The smallest absolute Gasteiger partial charge is 0.269 e. The normalized spacial score (nSPS) is 8.31. The molecule has 0 aromatic carbocycles. The molecule has 0 aliphatic heterocycles. The predicted molar refractivity (Wildman–Crippen MR) is 50.8 cm³/mol. The van der Waals surface area contributed by atoms with Crippen LogP contribution in [0.1, 0.15) is 10.5 Å². The summed E-state index contributed by atoms with van der Waals surface area (Å²) in [5.74, 6) is -0.229. The number of hydrogen-bond donors (Lipinski definition) is 2. The maximum Gasteiger partial charge on any atom is 0.269 e. The Morgan fingerprint density at radius 3 is 2.69 bits per heavy atom. The van der Waals surface area contributed by atoms with Crippen LogP contribution in [0.2, 0.25) is 5.02 Å². The monoisotopic (exact) mass is 202 g/mol. The van der Waals surface area contributed by atoms with Gasteiger partial charge in [-0.2, -0.15) is 0 Å². The zero-order valence-corrected chi connectivity index (χ0v) is 8.17. The molecule has 1 aromatic heterocycles. The van der Waals surface area contributed by atoms with Gasteiger partial charge < -0.3 is 10.4 Å². The second kappa shape index (κ2) is 6.39. The lowest BCUT2D eigenvalue weighted by Gasteiger charge is -1.97. The summed E-state index contributed by atoms with van der Waals surface area (Å²) in [6.45, 7) is 0. The standard InChI is InChI=1S/C7H7ClN2O.CH4O/c1-9-7(11)6-4-5(8)2-3-10-6;1-2/h2-4H,1H3,(H,9,11);2H,1H3. The summed E-state index contributed by atoms with van der Waals surface area (Å²) >= 11 is 5.63. The van der Waals surface area contributed by atoms with E-state index in [1.165, 1.54) is 12.3 Å². The molecular formula is C8H11ClN2O2. The van der Waals surface area contributed by atoms with Gasteiger partial charge in [0.05, 0.1) is 0 Å². The third kappa shape index (κ3) is 3.87. The molecule has 0 aliphatic rings. The first-order valence-corrected chi connectivity index (χ1v) is 3.90. The molecule has 1 amide bonds. The van der Waals surface area contributed by atoms with Gasteiger partial charge in [-0.05, 0) is 12.1 Å². The van der Waals surface area contributed by atoms with Crippen molar-refractivity contribution in [3.05, 3.63) is 29.0 Å². The molecule has 4 nitrogen and oxygen atoms in total. The van der Waals surface area contributed by atoms with Crippen LogP contribution in [0, 0.1) is 0 Å². The third-order valence-electron chi connectivity index (χ3n) is 1.18. The van der Waals surface area contributed by atoms with Crippen LogP contribution in [0.25, 0.3) is 0 Å². The van der Waals surface area contributed by atoms with E-state index in [9.17, 15) is 4.79 Å². The Morgan fingerprint density at radius 1 is 1.62 bits per heavy atom. The van der Waals surface area contributed by atoms with Gasteiger partial charge in [0.25, 0.3) is 5.91 Å². The molecule has 5 heteroatoms. The Morgan fingerprint density at radius 2 is 2.23 bits per heavy atom. The number of nitrogens with one attached hydrogen (secondary N) is 1. The van der Waals surface area contributed by atoms with Crippen molar-refractivity contribution in [1.29, 1.82) is 0 Å². The van der Waals surface area contributed by atoms with Gasteiger partial charge in [-0.25, -0.2) is 0 Å². The molecule has 1 aromatic rings. The molecule has 13 heavy (non-hydrogen) atoms. The van der Waals surface area contributed by atoms with Gasteiger partial charge in [-0.15, -0.1) is 0 Å². The molecule has 0 saturated carbocycles. The van der Waals surface area contributed by atoms with Crippen molar-refractivity contribution in [2.75, 3.05) is 14.2 Å². The fourth-order valence-electron chi connectivity index (χ4n) is 0.657. The van der Waals surface area contributed by atoms with E-state index < -0.39 is 0 Å². The first-order chi connectivity index (χ1) is 6.24. The molecule has 0 aliphatic carbocycles. The molecule has 0 atom stereocenters. The first kappa shape index (κ1) is 11.9. The van der Waals surface area contributed by atoms with Crippen LogP contribution in [0.5, 0.6) is 0 Å². The fraction of sp³-hybridized carbons (Fsp3) is 0.250. The van der Waals surface area contributed by atoms with Gasteiger partial charge in [0.15, 0.2) is 0 Å². The summed E-state index contributed by atoms with van der Waals surface area (Å²) in [6, 6.07) is 3.13. The minimum Gasteiger partial charge on any atom is -0.400 e. The molecule has 0 bridgehead atoms. The van der Waals surface area contributed by atoms with E-state index in [-0.39, 0.29) is 5.91 Å². The number of hydrogen-bond acceptors (Lipinski definition) is 3. The Kier molecular flexibility index (Phi) is 5.84. The van der Waals surface area contributed by atoms with Crippen LogP contribution < -0.4 is 5.32 Å². The number of aliphatic hydroxyl groups is 1. The summed E-state index contributed by atoms with van der Waals surface area (Å²) in [5, 5.41) is 9.96. The van der Waals surface area contributed by atoms with Crippen molar-refractivity contribution in [1.82, 2.24) is 10.3 Å². The molecule has 0 saturated heterocycles. The number of carbonyl (C=O) groups is 1. The van der Waals surface area contributed by atoms with Crippen molar-refractivity contribution in [3.8, 4) is 0 Å². The Labute approximate surface area is 81.6 Å². The highest BCUT2D eigenvalue weighted by Gasteiger charge is 2.03. The number of halogens is 1. The summed E-state index contributed by atoms with van der Waals surface area (Å²) in [4.78, 5) is 14.7. The molecule has 0 spiro atoms. The van der Waals surface area contributed by atoms with Crippen LogP contribution in [0.15, 0.2) is 18.3 Å². The van der Waals surface area contributed by atoms with Gasteiger partial charge in [0.1, 0.15) is 5.69 Å². The van der Waals surface area contributed by atoms with Crippen LogP contribution >= 0.6 is 11.6 Å². The van der Waals surface area contributed by atoms with Crippen molar-refractivity contribution < 1.29 is 9.90 Å². The van der Waals surface area contributed by atoms with Crippen molar-refractivity contribution in [2.45, 2.75) is 0 Å². The maximum absolute atomic E-state index is 10.9. The molecule has 0 unspecified atom stereocenters. The zero-order valence-electron chi connectivity index (χ0n) is 7.41. The fourth-order valence-corrected chi connectivity index (χ4v) is 0.817.